The Labute approximate surface area is 168 Å². The van der Waals surface area contributed by atoms with Gasteiger partial charge in [-0.3, -0.25) is 9.78 Å². The number of para-hydroxylation sites is 1. The van der Waals surface area contributed by atoms with E-state index in [4.69, 9.17) is 4.74 Å². The molecular weight excluding hydrogens is 362 g/mol. The van der Waals surface area contributed by atoms with Gasteiger partial charge in [0.1, 0.15) is 0 Å². The van der Waals surface area contributed by atoms with Gasteiger partial charge in [0.25, 0.3) is 0 Å². The molecule has 0 spiro atoms. The number of carbonyl (C=O) groups is 1. The molecule has 0 saturated heterocycles. The number of phenolic OH excluding ortho intramolecular Hbond substituents is 1. The Bertz CT molecular complexity index is 1210. The van der Waals surface area contributed by atoms with Gasteiger partial charge in [-0.2, -0.15) is 0 Å². The second kappa shape index (κ2) is 7.98. The van der Waals surface area contributed by atoms with Crippen molar-refractivity contribution < 1.29 is 14.6 Å². The molecule has 0 amide bonds. The van der Waals surface area contributed by atoms with E-state index in [-0.39, 0.29) is 11.5 Å². The number of allylic oxidation sites excluding steroid dienone is 1. The number of hydrogen-bond donors (Lipinski definition) is 1. The minimum absolute atomic E-state index is 0.0565. The quantitative estimate of drug-likeness (QED) is 0.366. The minimum atomic E-state index is -0.144. The predicted molar refractivity (Wildman–Crippen MR) is 115 cm³/mol. The first kappa shape index (κ1) is 18.4. The summed E-state index contributed by atoms with van der Waals surface area (Å²) < 4.78 is 5.12. The number of hydrogen-bond acceptors (Lipinski definition) is 4. The third-order valence-electron chi connectivity index (χ3n) is 4.73. The van der Waals surface area contributed by atoms with E-state index in [1.165, 1.54) is 19.3 Å². The Balaban J connectivity index is 1.78. The number of benzene rings is 3. The van der Waals surface area contributed by atoms with Crippen molar-refractivity contribution in [3.05, 3.63) is 96.2 Å². The van der Waals surface area contributed by atoms with Crippen LogP contribution in [0.25, 0.3) is 28.1 Å². The van der Waals surface area contributed by atoms with Gasteiger partial charge >= 0.3 is 0 Å². The molecule has 4 aromatic rings. The van der Waals surface area contributed by atoms with E-state index in [0.29, 0.717) is 11.3 Å². The molecule has 0 unspecified atom stereocenters. The van der Waals surface area contributed by atoms with E-state index >= 15 is 0 Å². The molecule has 0 fully saturated rings. The topological polar surface area (TPSA) is 59.4 Å². The third kappa shape index (κ3) is 3.73. The monoisotopic (exact) mass is 381 g/mol. The van der Waals surface area contributed by atoms with Gasteiger partial charge in [-0.05, 0) is 35.4 Å². The summed E-state index contributed by atoms with van der Waals surface area (Å²) in [5.41, 5.74) is 3.97. The van der Waals surface area contributed by atoms with Gasteiger partial charge in [0.15, 0.2) is 17.3 Å². The smallest absolute Gasteiger partial charge is 0.188 e. The van der Waals surface area contributed by atoms with E-state index in [9.17, 15) is 9.90 Å². The van der Waals surface area contributed by atoms with Gasteiger partial charge in [0.05, 0.1) is 12.6 Å². The van der Waals surface area contributed by atoms with Crippen LogP contribution in [0.5, 0.6) is 11.5 Å². The summed E-state index contributed by atoms with van der Waals surface area (Å²) in [6, 6.07) is 22.6. The molecule has 0 bridgehead atoms. The average Bonchev–Trinajstić information content (AvgIpc) is 2.78. The molecule has 0 aliphatic rings. The summed E-state index contributed by atoms with van der Waals surface area (Å²) in [6.45, 7) is 0. The van der Waals surface area contributed by atoms with Gasteiger partial charge in [-0.25, -0.2) is 0 Å². The maximum Gasteiger partial charge on any atom is 0.188 e. The number of rotatable bonds is 5. The van der Waals surface area contributed by atoms with Crippen molar-refractivity contribution in [2.24, 2.45) is 0 Å². The number of fused-ring (bicyclic) bond motifs is 1. The highest BCUT2D eigenvalue weighted by Gasteiger charge is 2.15. The molecule has 0 aliphatic heterocycles. The highest BCUT2D eigenvalue weighted by molar-refractivity contribution is 6.15. The zero-order valence-electron chi connectivity index (χ0n) is 15.9. The molecule has 4 nitrogen and oxygen atoms in total. The van der Waals surface area contributed by atoms with Crippen LogP contribution < -0.4 is 4.74 Å². The van der Waals surface area contributed by atoms with E-state index in [2.05, 4.69) is 4.98 Å². The fourth-order valence-electron chi connectivity index (χ4n) is 3.30. The standard InChI is InChI=1S/C25H19NO3/c1-29-24-15-17(12-14-23(24)28)11-13-22(27)20-16-26-21-10-6-5-9-19(21)25(20)18-7-3-2-4-8-18/h2-16,28H,1H3/b13-11+. The van der Waals surface area contributed by atoms with Crippen molar-refractivity contribution in [3.63, 3.8) is 0 Å². The largest absolute Gasteiger partial charge is 0.504 e. The highest BCUT2D eigenvalue weighted by Crippen LogP contribution is 2.32. The fourth-order valence-corrected chi connectivity index (χ4v) is 3.30. The SMILES string of the molecule is COc1cc(/C=C/C(=O)c2cnc3ccccc3c2-c2ccccc2)ccc1O. The second-order valence-corrected chi connectivity index (χ2v) is 6.56. The van der Waals surface area contributed by atoms with E-state index in [1.54, 1.807) is 24.4 Å². The van der Waals surface area contributed by atoms with Crippen molar-refractivity contribution in [1.82, 2.24) is 4.98 Å². The first-order valence-electron chi connectivity index (χ1n) is 9.20. The Kier molecular flexibility index (Phi) is 5.08. The lowest BCUT2D eigenvalue weighted by Gasteiger charge is -2.11. The van der Waals surface area contributed by atoms with E-state index in [1.807, 2.05) is 54.6 Å². The number of aromatic hydroxyl groups is 1. The van der Waals surface area contributed by atoms with E-state index in [0.717, 1.165) is 27.6 Å². The third-order valence-corrected chi connectivity index (χ3v) is 4.73. The zero-order chi connectivity index (χ0) is 20.2. The van der Waals surface area contributed by atoms with E-state index < -0.39 is 0 Å². The Hall–Kier alpha value is -3.92. The van der Waals surface area contributed by atoms with Crippen LogP contribution in [0.4, 0.5) is 0 Å². The first-order chi connectivity index (χ1) is 14.2. The Morgan fingerprint density at radius 2 is 1.76 bits per heavy atom. The van der Waals surface area contributed by atoms with Crippen LogP contribution in [0.2, 0.25) is 0 Å². The van der Waals surface area contributed by atoms with Gasteiger partial charge in [-0.15, -0.1) is 0 Å². The summed E-state index contributed by atoms with van der Waals surface area (Å²) >= 11 is 0. The number of pyridine rings is 1. The predicted octanol–water partition coefficient (Wildman–Crippen LogP) is 5.51. The normalized spacial score (nSPS) is 11.1. The Morgan fingerprint density at radius 3 is 2.55 bits per heavy atom. The molecule has 0 atom stereocenters. The summed E-state index contributed by atoms with van der Waals surface area (Å²) in [5, 5.41) is 10.7. The molecule has 1 N–H and O–H groups in total. The lowest BCUT2D eigenvalue weighted by Crippen LogP contribution is -2.00. The van der Waals surface area contributed by atoms with Crippen molar-refractivity contribution in [2.45, 2.75) is 0 Å². The van der Waals surface area contributed by atoms with Crippen molar-refractivity contribution in [2.75, 3.05) is 7.11 Å². The lowest BCUT2D eigenvalue weighted by atomic mass is 9.94. The Morgan fingerprint density at radius 1 is 1.00 bits per heavy atom. The van der Waals surface area contributed by atoms with Crippen LogP contribution in [-0.2, 0) is 0 Å². The summed E-state index contributed by atoms with van der Waals surface area (Å²) in [5.74, 6) is 0.271. The number of ether oxygens (including phenoxy) is 1. The molecule has 29 heavy (non-hydrogen) atoms. The maximum atomic E-state index is 13.1. The van der Waals surface area contributed by atoms with Crippen LogP contribution >= 0.6 is 0 Å². The lowest BCUT2D eigenvalue weighted by molar-refractivity contribution is 0.104. The number of carbonyl (C=O) groups excluding carboxylic acids is 1. The second-order valence-electron chi connectivity index (χ2n) is 6.56. The number of aromatic nitrogens is 1. The van der Waals surface area contributed by atoms with Gasteiger partial charge in [0.2, 0.25) is 0 Å². The van der Waals surface area contributed by atoms with Crippen LogP contribution in [0.15, 0.2) is 85.1 Å². The molecule has 0 aliphatic carbocycles. The average molecular weight is 381 g/mol. The molecule has 0 saturated carbocycles. The van der Waals surface area contributed by atoms with Crippen molar-refractivity contribution >= 4 is 22.8 Å². The minimum Gasteiger partial charge on any atom is -0.504 e. The van der Waals surface area contributed by atoms with Gasteiger partial charge in [0, 0.05) is 22.7 Å². The maximum absolute atomic E-state index is 13.1. The summed E-state index contributed by atoms with van der Waals surface area (Å²) in [7, 11) is 1.49. The molecular formula is C25H19NO3. The molecule has 4 rings (SSSR count). The first-order valence-corrected chi connectivity index (χ1v) is 9.20. The molecule has 142 valence electrons. The highest BCUT2D eigenvalue weighted by atomic mass is 16.5. The fraction of sp³-hybridized carbons (Fsp3) is 0.0400. The molecule has 4 heteroatoms. The van der Waals surface area contributed by atoms with Crippen LogP contribution in [-0.4, -0.2) is 23.0 Å². The molecule has 1 aromatic heterocycles. The van der Waals surface area contributed by atoms with Gasteiger partial charge in [-0.1, -0.05) is 60.7 Å². The molecule has 1 heterocycles. The summed E-state index contributed by atoms with van der Waals surface area (Å²) in [6.07, 6.45) is 4.85. The van der Waals surface area contributed by atoms with Crippen molar-refractivity contribution in [3.8, 4) is 22.6 Å². The van der Waals surface area contributed by atoms with Crippen molar-refractivity contribution in [1.29, 1.82) is 0 Å². The number of ketones is 1. The van der Waals surface area contributed by atoms with Crippen LogP contribution in [0.1, 0.15) is 15.9 Å². The van der Waals surface area contributed by atoms with Crippen LogP contribution in [0, 0.1) is 0 Å². The number of nitrogens with zero attached hydrogens (tertiary/aromatic N) is 1. The molecule has 3 aromatic carbocycles. The molecule has 0 radical (unpaired) electrons. The number of methoxy groups -OCH3 is 1. The zero-order valence-corrected chi connectivity index (χ0v) is 15.9. The van der Waals surface area contributed by atoms with Crippen LogP contribution in [0.3, 0.4) is 0 Å². The summed E-state index contributed by atoms with van der Waals surface area (Å²) in [4.78, 5) is 17.5. The van der Waals surface area contributed by atoms with Gasteiger partial charge < -0.3 is 9.84 Å². The number of phenols is 1.